The molecule has 1 heterocycles. The SMILES string of the molecule is CCC(C)(C)C1CCC(NC)C(Sc2nc(C)c(C)o2)C1. The third-order valence-corrected chi connectivity index (χ3v) is 6.64. The van der Waals surface area contributed by atoms with Gasteiger partial charge in [0, 0.05) is 11.3 Å². The lowest BCUT2D eigenvalue weighted by molar-refractivity contribution is 0.142. The molecule has 1 aromatic heterocycles. The molecule has 0 aliphatic heterocycles. The largest absolute Gasteiger partial charge is 0.437 e. The Hall–Kier alpha value is -0.480. The summed E-state index contributed by atoms with van der Waals surface area (Å²) >= 11 is 1.82. The highest BCUT2D eigenvalue weighted by atomic mass is 32.2. The van der Waals surface area contributed by atoms with Gasteiger partial charge in [0.25, 0.3) is 5.22 Å². The fourth-order valence-corrected chi connectivity index (χ4v) is 4.60. The van der Waals surface area contributed by atoms with Gasteiger partial charge in [-0.1, -0.05) is 39.0 Å². The van der Waals surface area contributed by atoms with E-state index in [9.17, 15) is 0 Å². The standard InChI is InChI=1S/C17H30N2OS/c1-7-17(4,5)13-8-9-14(18-6)15(10-13)21-16-19-11(2)12(3)20-16/h13-15,18H,7-10H2,1-6H3. The maximum Gasteiger partial charge on any atom is 0.256 e. The van der Waals surface area contributed by atoms with Gasteiger partial charge in [-0.2, -0.15) is 0 Å². The van der Waals surface area contributed by atoms with E-state index in [0.717, 1.165) is 22.6 Å². The highest BCUT2D eigenvalue weighted by Crippen LogP contribution is 2.44. The van der Waals surface area contributed by atoms with Gasteiger partial charge >= 0.3 is 0 Å². The van der Waals surface area contributed by atoms with Gasteiger partial charge in [0.2, 0.25) is 0 Å². The Kier molecular flexibility index (Phi) is 5.42. The minimum atomic E-state index is 0.431. The Balaban J connectivity index is 2.10. The molecule has 21 heavy (non-hydrogen) atoms. The van der Waals surface area contributed by atoms with E-state index in [1.54, 1.807) is 0 Å². The Morgan fingerprint density at radius 2 is 2.05 bits per heavy atom. The maximum atomic E-state index is 5.78. The van der Waals surface area contributed by atoms with Crippen molar-refractivity contribution in [2.24, 2.45) is 11.3 Å². The van der Waals surface area contributed by atoms with E-state index in [-0.39, 0.29) is 0 Å². The topological polar surface area (TPSA) is 38.1 Å². The number of nitrogens with zero attached hydrogens (tertiary/aromatic N) is 1. The summed E-state index contributed by atoms with van der Waals surface area (Å²) in [6.07, 6.45) is 5.07. The quantitative estimate of drug-likeness (QED) is 0.864. The first kappa shape index (κ1) is 16.9. The van der Waals surface area contributed by atoms with Crippen molar-refractivity contribution in [3.63, 3.8) is 0 Å². The van der Waals surface area contributed by atoms with Gasteiger partial charge in [-0.15, -0.1) is 0 Å². The highest BCUT2D eigenvalue weighted by Gasteiger charge is 2.37. The molecule has 1 aromatic rings. The third kappa shape index (κ3) is 3.84. The first-order valence-electron chi connectivity index (χ1n) is 8.15. The van der Waals surface area contributed by atoms with Crippen LogP contribution in [0.3, 0.4) is 0 Å². The van der Waals surface area contributed by atoms with Crippen molar-refractivity contribution in [3.8, 4) is 0 Å². The molecule has 1 saturated carbocycles. The number of aryl methyl sites for hydroxylation is 2. The molecule has 1 aliphatic carbocycles. The molecule has 0 bridgehead atoms. The van der Waals surface area contributed by atoms with Gasteiger partial charge in [0.15, 0.2) is 0 Å². The number of thioether (sulfide) groups is 1. The van der Waals surface area contributed by atoms with Crippen molar-refractivity contribution in [1.82, 2.24) is 10.3 Å². The Bertz CT molecular complexity index is 450. The van der Waals surface area contributed by atoms with Crippen LogP contribution in [0.4, 0.5) is 0 Å². The molecule has 1 N–H and O–H groups in total. The predicted octanol–water partition coefficient (Wildman–Crippen LogP) is 4.58. The average molecular weight is 311 g/mol. The lowest BCUT2D eigenvalue weighted by Crippen LogP contribution is -2.43. The Morgan fingerprint density at radius 1 is 1.33 bits per heavy atom. The summed E-state index contributed by atoms with van der Waals surface area (Å²) in [4.78, 5) is 4.55. The second-order valence-electron chi connectivity index (χ2n) is 7.02. The predicted molar refractivity (Wildman–Crippen MR) is 89.9 cm³/mol. The molecule has 3 unspecified atom stereocenters. The number of hydrogen-bond acceptors (Lipinski definition) is 4. The first-order chi connectivity index (χ1) is 9.87. The summed E-state index contributed by atoms with van der Waals surface area (Å²) in [5, 5.41) is 4.89. The van der Waals surface area contributed by atoms with E-state index >= 15 is 0 Å². The summed E-state index contributed by atoms with van der Waals surface area (Å²) in [7, 11) is 2.08. The molecule has 1 aliphatic rings. The van der Waals surface area contributed by atoms with E-state index in [0.29, 0.717) is 16.7 Å². The second kappa shape index (κ2) is 6.74. The summed E-state index contributed by atoms with van der Waals surface area (Å²) in [5.74, 6) is 1.74. The molecule has 0 amide bonds. The molecular weight excluding hydrogens is 280 g/mol. The summed E-state index contributed by atoms with van der Waals surface area (Å²) in [6.45, 7) is 11.2. The number of hydrogen-bond donors (Lipinski definition) is 1. The van der Waals surface area contributed by atoms with Crippen molar-refractivity contribution < 1.29 is 4.42 Å². The molecule has 3 nitrogen and oxygen atoms in total. The summed E-state index contributed by atoms with van der Waals surface area (Å²) < 4.78 is 5.78. The van der Waals surface area contributed by atoms with Crippen LogP contribution in [0.5, 0.6) is 0 Å². The first-order valence-corrected chi connectivity index (χ1v) is 9.03. The van der Waals surface area contributed by atoms with Gasteiger partial charge in [-0.25, -0.2) is 4.98 Å². The van der Waals surface area contributed by atoms with Gasteiger partial charge in [-0.05, 0) is 51.5 Å². The Morgan fingerprint density at radius 3 is 2.57 bits per heavy atom. The van der Waals surface area contributed by atoms with Crippen LogP contribution < -0.4 is 5.32 Å². The average Bonchev–Trinajstić information content (AvgIpc) is 2.77. The van der Waals surface area contributed by atoms with Crippen LogP contribution in [0.25, 0.3) is 0 Å². The number of aromatic nitrogens is 1. The molecule has 0 radical (unpaired) electrons. The van der Waals surface area contributed by atoms with Gasteiger partial charge in [0.05, 0.1) is 5.69 Å². The fourth-order valence-electron chi connectivity index (χ4n) is 3.21. The molecule has 2 rings (SSSR count). The van der Waals surface area contributed by atoms with Crippen LogP contribution in [0.1, 0.15) is 57.9 Å². The highest BCUT2D eigenvalue weighted by molar-refractivity contribution is 7.99. The van der Waals surface area contributed by atoms with E-state index < -0.39 is 0 Å². The molecule has 0 saturated heterocycles. The number of rotatable bonds is 5. The van der Waals surface area contributed by atoms with Crippen LogP contribution in [-0.2, 0) is 0 Å². The van der Waals surface area contributed by atoms with Crippen molar-refractivity contribution in [2.75, 3.05) is 7.05 Å². The van der Waals surface area contributed by atoms with Crippen LogP contribution in [0, 0.1) is 25.2 Å². The zero-order chi connectivity index (χ0) is 15.6. The minimum Gasteiger partial charge on any atom is -0.437 e. The van der Waals surface area contributed by atoms with Gasteiger partial charge in [-0.3, -0.25) is 0 Å². The lowest BCUT2D eigenvalue weighted by atomic mass is 9.68. The van der Waals surface area contributed by atoms with Crippen LogP contribution in [0.15, 0.2) is 9.64 Å². The van der Waals surface area contributed by atoms with Gasteiger partial charge in [0.1, 0.15) is 5.76 Å². The number of oxazole rings is 1. The minimum absolute atomic E-state index is 0.431. The van der Waals surface area contributed by atoms with Crippen molar-refractivity contribution in [3.05, 3.63) is 11.5 Å². The van der Waals surface area contributed by atoms with Crippen molar-refractivity contribution in [1.29, 1.82) is 0 Å². The lowest BCUT2D eigenvalue weighted by Gasteiger charge is -2.42. The normalized spacial score (nSPS) is 27.0. The molecule has 0 aromatic carbocycles. The van der Waals surface area contributed by atoms with Crippen LogP contribution in [0.2, 0.25) is 0 Å². The van der Waals surface area contributed by atoms with Gasteiger partial charge < -0.3 is 9.73 Å². The van der Waals surface area contributed by atoms with Crippen LogP contribution in [-0.4, -0.2) is 23.3 Å². The number of nitrogens with one attached hydrogen (secondary N) is 1. The van der Waals surface area contributed by atoms with E-state index in [4.69, 9.17) is 4.42 Å². The molecule has 1 fully saturated rings. The zero-order valence-corrected chi connectivity index (χ0v) is 15.1. The molecule has 120 valence electrons. The van der Waals surface area contributed by atoms with Crippen LogP contribution >= 0.6 is 11.8 Å². The summed E-state index contributed by atoms with van der Waals surface area (Å²) in [5.41, 5.74) is 1.44. The van der Waals surface area contributed by atoms with Crippen molar-refractivity contribution >= 4 is 11.8 Å². The third-order valence-electron chi connectivity index (χ3n) is 5.44. The summed E-state index contributed by atoms with van der Waals surface area (Å²) in [6, 6.07) is 0.561. The van der Waals surface area contributed by atoms with E-state index in [1.807, 2.05) is 25.6 Å². The molecule has 0 spiro atoms. The second-order valence-corrected chi connectivity index (χ2v) is 8.22. The zero-order valence-electron chi connectivity index (χ0n) is 14.3. The van der Waals surface area contributed by atoms with Crippen molar-refractivity contribution in [2.45, 2.75) is 76.8 Å². The molecule has 3 atom stereocenters. The molecular formula is C17H30N2OS. The molecule has 4 heteroatoms. The monoisotopic (exact) mass is 310 g/mol. The smallest absolute Gasteiger partial charge is 0.256 e. The maximum absolute atomic E-state index is 5.78. The van der Waals surface area contributed by atoms with E-state index in [1.165, 1.54) is 25.7 Å². The Labute approximate surface area is 133 Å². The fraction of sp³-hybridized carbons (Fsp3) is 0.824. The van der Waals surface area contributed by atoms with E-state index in [2.05, 4.69) is 38.1 Å².